The number of fused-ring (bicyclic) bond motifs is 2. The first-order chi connectivity index (χ1) is 13.7. The Morgan fingerprint density at radius 1 is 1.10 bits per heavy atom. The van der Waals surface area contributed by atoms with Gasteiger partial charge in [-0.2, -0.15) is 32.3 Å². The molecular formula is C18H11ClF5N5. The highest BCUT2D eigenvalue weighted by atomic mass is 35.5. The summed E-state index contributed by atoms with van der Waals surface area (Å²) in [4.78, 5) is 4.02. The quantitative estimate of drug-likeness (QED) is 0.439. The average molecular weight is 428 g/mol. The van der Waals surface area contributed by atoms with Gasteiger partial charge in [0.15, 0.2) is 10.8 Å². The molecule has 5 rings (SSSR count). The van der Waals surface area contributed by atoms with Crippen LogP contribution in [0.1, 0.15) is 29.4 Å². The van der Waals surface area contributed by atoms with E-state index in [9.17, 15) is 22.0 Å². The maximum Gasteiger partial charge on any atom is 0.408 e. The Balaban J connectivity index is 1.54. The molecule has 1 fully saturated rings. The molecule has 0 aliphatic heterocycles. The fourth-order valence-electron chi connectivity index (χ4n) is 3.78. The highest BCUT2D eigenvalue weighted by molar-refractivity contribution is 6.29. The third-order valence-corrected chi connectivity index (χ3v) is 5.29. The van der Waals surface area contributed by atoms with Crippen molar-refractivity contribution >= 4 is 28.2 Å². The van der Waals surface area contributed by atoms with Crippen LogP contribution in [-0.4, -0.2) is 30.6 Å². The van der Waals surface area contributed by atoms with Gasteiger partial charge in [-0.25, -0.2) is 9.37 Å². The summed E-state index contributed by atoms with van der Waals surface area (Å²) < 4.78 is 68.4. The third kappa shape index (κ3) is 3.11. The fourth-order valence-corrected chi connectivity index (χ4v) is 3.97. The molecule has 2 atom stereocenters. The van der Waals surface area contributed by atoms with Gasteiger partial charge in [0.1, 0.15) is 12.4 Å². The van der Waals surface area contributed by atoms with Gasteiger partial charge in [-0.1, -0.05) is 11.6 Å². The number of imidazole rings is 1. The Hall–Kier alpha value is -2.75. The molecule has 0 amide bonds. The van der Waals surface area contributed by atoms with Gasteiger partial charge in [0, 0.05) is 5.56 Å². The van der Waals surface area contributed by atoms with Crippen LogP contribution in [0.15, 0.2) is 30.6 Å². The Labute approximate surface area is 164 Å². The van der Waals surface area contributed by atoms with Crippen molar-refractivity contribution in [3.63, 3.8) is 0 Å². The molecule has 1 aromatic carbocycles. The van der Waals surface area contributed by atoms with Crippen LogP contribution in [-0.2, 0) is 6.54 Å². The molecule has 5 nitrogen and oxygen atoms in total. The van der Waals surface area contributed by atoms with E-state index in [0.717, 1.165) is 21.6 Å². The summed E-state index contributed by atoms with van der Waals surface area (Å²) in [5.41, 5.74) is 1.58. The number of hydrogen-bond acceptors (Lipinski definition) is 3. The molecule has 150 valence electrons. The van der Waals surface area contributed by atoms with Gasteiger partial charge in [0.25, 0.3) is 0 Å². The SMILES string of the molecule is Fc1cc([C@H]2C[C@@H]2c2cc(Cl)nn3c(F)cnc23)cc2c1cnn2CC(F)(F)F. The molecule has 4 aromatic rings. The first-order valence-corrected chi connectivity index (χ1v) is 9.00. The molecular weight excluding hydrogens is 417 g/mol. The minimum atomic E-state index is -4.47. The van der Waals surface area contributed by atoms with E-state index in [4.69, 9.17) is 11.6 Å². The van der Waals surface area contributed by atoms with E-state index in [1.807, 2.05) is 0 Å². The molecule has 0 saturated heterocycles. The first kappa shape index (κ1) is 18.3. The van der Waals surface area contributed by atoms with Crippen molar-refractivity contribution < 1.29 is 22.0 Å². The Kier molecular flexibility index (Phi) is 3.86. The summed E-state index contributed by atoms with van der Waals surface area (Å²) in [6.07, 6.45) is -1.76. The van der Waals surface area contributed by atoms with Gasteiger partial charge in [-0.15, -0.1) is 0 Å². The molecule has 29 heavy (non-hydrogen) atoms. The van der Waals surface area contributed by atoms with Crippen LogP contribution in [0.3, 0.4) is 0 Å². The number of halogens is 6. The lowest BCUT2D eigenvalue weighted by molar-refractivity contribution is -0.141. The second-order valence-corrected chi connectivity index (χ2v) is 7.43. The molecule has 3 aromatic heterocycles. The first-order valence-electron chi connectivity index (χ1n) is 8.62. The van der Waals surface area contributed by atoms with Crippen molar-refractivity contribution in [2.45, 2.75) is 31.0 Å². The Morgan fingerprint density at radius 2 is 1.90 bits per heavy atom. The van der Waals surface area contributed by atoms with Crippen molar-refractivity contribution in [1.82, 2.24) is 24.4 Å². The van der Waals surface area contributed by atoms with Crippen LogP contribution >= 0.6 is 11.6 Å². The molecule has 0 spiro atoms. The lowest BCUT2D eigenvalue weighted by Gasteiger charge is -2.09. The molecule has 0 radical (unpaired) electrons. The highest BCUT2D eigenvalue weighted by Gasteiger charge is 2.42. The van der Waals surface area contributed by atoms with E-state index >= 15 is 0 Å². The van der Waals surface area contributed by atoms with Crippen molar-refractivity contribution in [2.24, 2.45) is 0 Å². The second-order valence-electron chi connectivity index (χ2n) is 7.04. The summed E-state index contributed by atoms with van der Waals surface area (Å²) >= 11 is 5.98. The number of benzene rings is 1. The van der Waals surface area contributed by atoms with Crippen molar-refractivity contribution in [1.29, 1.82) is 0 Å². The summed E-state index contributed by atoms with van der Waals surface area (Å²) in [6, 6.07) is 4.41. The van der Waals surface area contributed by atoms with Crippen LogP contribution in [0.5, 0.6) is 0 Å². The van der Waals surface area contributed by atoms with E-state index in [1.54, 1.807) is 6.07 Å². The predicted molar refractivity (Wildman–Crippen MR) is 93.8 cm³/mol. The van der Waals surface area contributed by atoms with Gasteiger partial charge >= 0.3 is 6.18 Å². The third-order valence-electron chi connectivity index (χ3n) is 5.11. The fraction of sp³-hybridized carbons (Fsp3) is 0.278. The minimum absolute atomic E-state index is 0.0277. The Morgan fingerprint density at radius 3 is 2.66 bits per heavy atom. The van der Waals surface area contributed by atoms with E-state index in [-0.39, 0.29) is 27.9 Å². The molecule has 1 aliphatic rings. The second kappa shape index (κ2) is 6.12. The molecule has 11 heteroatoms. The van der Waals surface area contributed by atoms with Crippen molar-refractivity contribution in [3.8, 4) is 0 Å². The molecule has 1 saturated carbocycles. The van der Waals surface area contributed by atoms with Crippen LogP contribution in [0, 0.1) is 11.8 Å². The van der Waals surface area contributed by atoms with Gasteiger partial charge in [0.2, 0.25) is 5.95 Å². The number of hydrogen-bond donors (Lipinski definition) is 0. The lowest BCUT2D eigenvalue weighted by atomic mass is 10.0. The van der Waals surface area contributed by atoms with Crippen LogP contribution in [0.25, 0.3) is 16.6 Å². The highest BCUT2D eigenvalue weighted by Crippen LogP contribution is 2.56. The summed E-state index contributed by atoms with van der Waals surface area (Å²) in [5.74, 6) is -1.59. The van der Waals surface area contributed by atoms with E-state index in [1.165, 1.54) is 12.1 Å². The molecule has 0 bridgehead atoms. The van der Waals surface area contributed by atoms with Crippen LogP contribution < -0.4 is 0 Å². The standard InChI is InChI=1S/C18H11ClF5N5/c19-15-4-11(17-25-6-16(21)29(17)27-15)10-3-9(10)8-1-13(20)12-5-26-28(14(12)2-8)7-18(22,23)24/h1-2,4-6,9-10H,3,7H2/t9-,10+/m1/s1. The minimum Gasteiger partial charge on any atom is -0.256 e. The number of rotatable bonds is 3. The van der Waals surface area contributed by atoms with Crippen LogP contribution in [0.4, 0.5) is 22.0 Å². The van der Waals surface area contributed by atoms with E-state index < -0.39 is 24.5 Å². The topological polar surface area (TPSA) is 48.0 Å². The average Bonchev–Trinajstić information content (AvgIpc) is 3.22. The summed E-state index contributed by atoms with van der Waals surface area (Å²) in [5, 5.41) is 7.65. The van der Waals surface area contributed by atoms with Crippen LogP contribution in [0.2, 0.25) is 5.15 Å². The zero-order valence-electron chi connectivity index (χ0n) is 14.5. The predicted octanol–water partition coefficient (Wildman–Crippen LogP) is 4.84. The Bertz CT molecular complexity index is 1260. The van der Waals surface area contributed by atoms with E-state index in [2.05, 4.69) is 15.2 Å². The maximum atomic E-state index is 14.5. The smallest absolute Gasteiger partial charge is 0.256 e. The molecule has 1 aliphatic carbocycles. The molecule has 0 N–H and O–H groups in total. The number of alkyl halides is 3. The monoisotopic (exact) mass is 427 g/mol. The van der Waals surface area contributed by atoms with Gasteiger partial charge in [-0.3, -0.25) is 4.68 Å². The maximum absolute atomic E-state index is 14.5. The lowest BCUT2D eigenvalue weighted by Crippen LogP contribution is -2.18. The molecule has 3 heterocycles. The zero-order chi connectivity index (χ0) is 20.5. The van der Waals surface area contributed by atoms with Crippen molar-refractivity contribution in [2.75, 3.05) is 0 Å². The van der Waals surface area contributed by atoms with Gasteiger partial charge in [0.05, 0.1) is 23.3 Å². The van der Waals surface area contributed by atoms with Gasteiger partial charge in [-0.05, 0) is 42.0 Å². The largest absolute Gasteiger partial charge is 0.408 e. The molecule has 0 unspecified atom stereocenters. The summed E-state index contributed by atoms with van der Waals surface area (Å²) in [6.45, 7) is -1.30. The number of nitrogens with zero attached hydrogens (tertiary/aromatic N) is 5. The normalized spacial score (nSPS) is 19.4. The zero-order valence-corrected chi connectivity index (χ0v) is 15.2. The van der Waals surface area contributed by atoms with Gasteiger partial charge < -0.3 is 0 Å². The van der Waals surface area contributed by atoms with Crippen molar-refractivity contribution in [3.05, 3.63) is 58.6 Å². The summed E-state index contributed by atoms with van der Waals surface area (Å²) in [7, 11) is 0. The number of aromatic nitrogens is 5. The van der Waals surface area contributed by atoms with E-state index in [0.29, 0.717) is 23.2 Å².